The van der Waals surface area contributed by atoms with Crippen LogP contribution in [0.15, 0.2) is 28.8 Å². The van der Waals surface area contributed by atoms with Crippen LogP contribution in [-0.4, -0.2) is 16.7 Å². The van der Waals surface area contributed by atoms with Crippen LogP contribution in [0.4, 0.5) is 6.01 Å². The van der Waals surface area contributed by atoms with Gasteiger partial charge in [0, 0.05) is 12.5 Å². The van der Waals surface area contributed by atoms with E-state index in [0.29, 0.717) is 11.9 Å². The van der Waals surface area contributed by atoms with E-state index in [-0.39, 0.29) is 0 Å². The lowest BCUT2D eigenvalue weighted by atomic mass is 10.0. The number of hydrogen-bond donors (Lipinski definition) is 1. The molecule has 0 atom stereocenters. The quantitative estimate of drug-likeness (QED) is 0.905. The Morgan fingerprint density at radius 3 is 2.55 bits per heavy atom. The molecular weight excluding hydrogens is 250 g/mol. The summed E-state index contributed by atoms with van der Waals surface area (Å²) >= 11 is 0. The largest absolute Gasteiger partial charge is 0.338 e. The van der Waals surface area contributed by atoms with Crippen molar-refractivity contribution in [2.24, 2.45) is 5.92 Å². The zero-order valence-electron chi connectivity index (χ0n) is 12.1. The molecule has 1 heterocycles. The summed E-state index contributed by atoms with van der Waals surface area (Å²) < 4.78 is 5.18. The van der Waals surface area contributed by atoms with E-state index >= 15 is 0 Å². The zero-order valence-corrected chi connectivity index (χ0v) is 12.1. The van der Waals surface area contributed by atoms with E-state index < -0.39 is 0 Å². The van der Waals surface area contributed by atoms with E-state index in [4.69, 9.17) is 4.52 Å². The molecule has 0 saturated heterocycles. The summed E-state index contributed by atoms with van der Waals surface area (Å²) in [5, 5.41) is 7.18. The van der Waals surface area contributed by atoms with Crippen LogP contribution >= 0.6 is 0 Å². The first-order chi connectivity index (χ1) is 9.72. The van der Waals surface area contributed by atoms with E-state index in [1.807, 2.05) is 0 Å². The fraction of sp³-hybridized carbons (Fsp3) is 0.500. The van der Waals surface area contributed by atoms with Gasteiger partial charge >= 0.3 is 6.01 Å². The standard InChI is InChI=1S/C16H21N3O/c1-11(2)15-18-16(20-19-15)17-8-7-12-9-13-5-3-4-6-14(13)10-12/h3-6,11-12H,7-10H2,1-2H3,(H,17,18,19). The van der Waals surface area contributed by atoms with E-state index in [9.17, 15) is 0 Å². The molecule has 1 aromatic carbocycles. The van der Waals surface area contributed by atoms with Crippen molar-refractivity contribution in [2.75, 3.05) is 11.9 Å². The molecule has 0 saturated carbocycles. The second-order valence-corrected chi connectivity index (χ2v) is 5.87. The molecule has 106 valence electrons. The highest BCUT2D eigenvalue weighted by molar-refractivity contribution is 5.32. The van der Waals surface area contributed by atoms with Gasteiger partial charge in [-0.15, -0.1) is 0 Å². The number of anilines is 1. The monoisotopic (exact) mass is 271 g/mol. The maximum atomic E-state index is 5.18. The van der Waals surface area contributed by atoms with Crippen molar-refractivity contribution in [3.05, 3.63) is 41.2 Å². The Morgan fingerprint density at radius 1 is 1.25 bits per heavy atom. The van der Waals surface area contributed by atoms with Crippen molar-refractivity contribution in [1.82, 2.24) is 10.1 Å². The summed E-state index contributed by atoms with van der Waals surface area (Å²) in [6.07, 6.45) is 3.52. The van der Waals surface area contributed by atoms with Gasteiger partial charge in [0.25, 0.3) is 0 Å². The van der Waals surface area contributed by atoms with Gasteiger partial charge in [-0.25, -0.2) is 0 Å². The van der Waals surface area contributed by atoms with Crippen molar-refractivity contribution >= 4 is 6.01 Å². The van der Waals surface area contributed by atoms with Crippen molar-refractivity contribution in [2.45, 2.75) is 39.0 Å². The van der Waals surface area contributed by atoms with Gasteiger partial charge in [-0.3, -0.25) is 0 Å². The van der Waals surface area contributed by atoms with Crippen LogP contribution in [0.25, 0.3) is 0 Å². The van der Waals surface area contributed by atoms with Crippen LogP contribution < -0.4 is 5.32 Å². The lowest BCUT2D eigenvalue weighted by Gasteiger charge is -2.08. The third-order valence-corrected chi connectivity index (χ3v) is 3.92. The van der Waals surface area contributed by atoms with Gasteiger partial charge in [-0.2, -0.15) is 4.98 Å². The van der Waals surface area contributed by atoms with Gasteiger partial charge in [0.2, 0.25) is 0 Å². The molecular formula is C16H21N3O. The molecule has 0 spiro atoms. The Balaban J connectivity index is 1.47. The average Bonchev–Trinajstić information content (AvgIpc) is 3.04. The summed E-state index contributed by atoms with van der Waals surface area (Å²) in [7, 11) is 0. The maximum Gasteiger partial charge on any atom is 0.321 e. The highest BCUT2D eigenvalue weighted by Gasteiger charge is 2.20. The number of fused-ring (bicyclic) bond motifs is 1. The summed E-state index contributed by atoms with van der Waals surface area (Å²) in [6.45, 7) is 5.01. The Morgan fingerprint density at radius 2 is 1.95 bits per heavy atom. The molecule has 0 radical (unpaired) electrons. The Labute approximate surface area is 119 Å². The Hall–Kier alpha value is -1.84. The Kier molecular flexibility index (Phi) is 3.72. The summed E-state index contributed by atoms with van der Waals surface area (Å²) in [5.74, 6) is 1.80. The predicted octanol–water partition coefficient (Wildman–Crippen LogP) is 3.41. The van der Waals surface area contributed by atoms with Gasteiger partial charge in [0.15, 0.2) is 5.82 Å². The number of aromatic nitrogens is 2. The summed E-state index contributed by atoms with van der Waals surface area (Å²) in [5.41, 5.74) is 3.02. The SMILES string of the molecule is CC(C)c1noc(NCCC2Cc3ccccc3C2)n1. The molecule has 1 N–H and O–H groups in total. The molecule has 2 aromatic rings. The normalized spacial score (nSPS) is 14.8. The van der Waals surface area contributed by atoms with Crippen molar-refractivity contribution in [1.29, 1.82) is 0 Å². The smallest absolute Gasteiger partial charge is 0.321 e. The number of benzene rings is 1. The second-order valence-electron chi connectivity index (χ2n) is 5.87. The van der Waals surface area contributed by atoms with Crippen LogP contribution in [0.1, 0.15) is 43.1 Å². The highest BCUT2D eigenvalue weighted by Crippen LogP contribution is 2.28. The van der Waals surface area contributed by atoms with Crippen LogP contribution in [0.3, 0.4) is 0 Å². The van der Waals surface area contributed by atoms with Crippen LogP contribution in [0.2, 0.25) is 0 Å². The minimum Gasteiger partial charge on any atom is -0.338 e. The number of nitrogens with zero attached hydrogens (tertiary/aromatic N) is 2. The molecule has 1 aromatic heterocycles. The summed E-state index contributed by atoms with van der Waals surface area (Å²) in [6, 6.07) is 9.30. The second kappa shape index (κ2) is 5.65. The molecule has 20 heavy (non-hydrogen) atoms. The first-order valence-corrected chi connectivity index (χ1v) is 7.36. The van der Waals surface area contributed by atoms with Gasteiger partial charge in [0.05, 0.1) is 0 Å². The van der Waals surface area contributed by atoms with Crippen molar-refractivity contribution in [3.63, 3.8) is 0 Å². The number of rotatable bonds is 5. The molecule has 1 aliphatic rings. The van der Waals surface area contributed by atoms with E-state index in [1.165, 1.54) is 24.0 Å². The fourth-order valence-corrected chi connectivity index (χ4v) is 2.78. The molecule has 0 bridgehead atoms. The third kappa shape index (κ3) is 2.84. The zero-order chi connectivity index (χ0) is 13.9. The van der Waals surface area contributed by atoms with Crippen LogP contribution in [-0.2, 0) is 12.8 Å². The molecule has 4 heteroatoms. The van der Waals surface area contributed by atoms with E-state index in [1.54, 1.807) is 0 Å². The third-order valence-electron chi connectivity index (χ3n) is 3.92. The maximum absolute atomic E-state index is 5.18. The van der Waals surface area contributed by atoms with E-state index in [0.717, 1.165) is 24.7 Å². The number of hydrogen-bond acceptors (Lipinski definition) is 4. The summed E-state index contributed by atoms with van der Waals surface area (Å²) in [4.78, 5) is 4.32. The van der Waals surface area contributed by atoms with Gasteiger partial charge in [0.1, 0.15) is 0 Å². The molecule has 4 nitrogen and oxygen atoms in total. The van der Waals surface area contributed by atoms with E-state index in [2.05, 4.69) is 53.6 Å². The van der Waals surface area contributed by atoms with Gasteiger partial charge < -0.3 is 9.84 Å². The topological polar surface area (TPSA) is 51.0 Å². The lowest BCUT2D eigenvalue weighted by molar-refractivity contribution is 0.417. The van der Waals surface area contributed by atoms with Gasteiger partial charge in [-0.1, -0.05) is 43.3 Å². The number of nitrogens with one attached hydrogen (secondary N) is 1. The van der Waals surface area contributed by atoms with Crippen molar-refractivity contribution < 1.29 is 4.52 Å². The molecule has 1 aliphatic carbocycles. The highest BCUT2D eigenvalue weighted by atomic mass is 16.5. The first-order valence-electron chi connectivity index (χ1n) is 7.36. The Bertz CT molecular complexity index is 552. The first kappa shape index (κ1) is 13.2. The molecule has 0 fully saturated rings. The molecule has 0 aliphatic heterocycles. The average molecular weight is 271 g/mol. The van der Waals surface area contributed by atoms with Crippen molar-refractivity contribution in [3.8, 4) is 0 Å². The predicted molar refractivity (Wildman–Crippen MR) is 78.8 cm³/mol. The molecule has 0 unspecified atom stereocenters. The van der Waals surface area contributed by atoms with Gasteiger partial charge in [-0.05, 0) is 36.3 Å². The molecule has 3 rings (SSSR count). The lowest BCUT2D eigenvalue weighted by Crippen LogP contribution is -2.09. The fourth-order valence-electron chi connectivity index (χ4n) is 2.78. The van der Waals surface area contributed by atoms with Crippen LogP contribution in [0.5, 0.6) is 0 Å². The molecule has 0 amide bonds. The minimum absolute atomic E-state index is 0.304. The van der Waals surface area contributed by atoms with Crippen LogP contribution in [0, 0.1) is 5.92 Å². The minimum atomic E-state index is 0.304.